The lowest BCUT2D eigenvalue weighted by Crippen LogP contribution is -3.00. The lowest BCUT2D eigenvalue weighted by molar-refractivity contribution is -0.119. The van der Waals surface area contributed by atoms with E-state index in [0.717, 1.165) is 22.2 Å². The minimum atomic E-state index is -2.35. The smallest absolute Gasteiger partial charge is 0.237 e. The third-order valence-corrected chi connectivity index (χ3v) is 8.79. The highest BCUT2D eigenvalue weighted by atomic mass is 79.9. The van der Waals surface area contributed by atoms with Gasteiger partial charge in [-0.25, -0.2) is 0 Å². The van der Waals surface area contributed by atoms with Gasteiger partial charge in [0.1, 0.15) is 23.2 Å². The molecular formula is C24H26BrO2P. The third-order valence-electron chi connectivity index (χ3n) is 4.46. The molecule has 0 saturated carbocycles. The molecule has 1 unspecified atom stereocenters. The van der Waals surface area contributed by atoms with Gasteiger partial charge in [0.15, 0.2) is 6.29 Å². The Bertz CT molecular complexity index is 765. The molecule has 146 valence electrons. The van der Waals surface area contributed by atoms with E-state index >= 15 is 0 Å². The van der Waals surface area contributed by atoms with Crippen LogP contribution in [0.5, 0.6) is 0 Å². The summed E-state index contributed by atoms with van der Waals surface area (Å²) >= 11 is 0. The Morgan fingerprint density at radius 3 is 1.29 bits per heavy atom. The molecule has 0 aliphatic heterocycles. The summed E-state index contributed by atoms with van der Waals surface area (Å²) < 4.78 is 6.40. The van der Waals surface area contributed by atoms with E-state index < -0.39 is 18.7 Å². The fourth-order valence-electron chi connectivity index (χ4n) is 3.44. The predicted molar refractivity (Wildman–Crippen MR) is 116 cm³/mol. The number of benzene rings is 3. The fraction of sp³-hybridized carbons (Fsp3) is 0.208. The number of halogens is 1. The Hall–Kier alpha value is -1.80. The normalized spacial score (nSPS) is 12.7. The Balaban J connectivity index is 0.00000280. The minimum Gasteiger partial charge on any atom is -1.00 e. The van der Waals surface area contributed by atoms with E-state index in [4.69, 9.17) is 4.74 Å². The van der Waals surface area contributed by atoms with Gasteiger partial charge in [0.05, 0.1) is 5.60 Å². The summed E-state index contributed by atoms with van der Waals surface area (Å²) in [5.41, 5.74) is -0.435. The molecule has 0 saturated heterocycles. The number of aldehydes is 1. The summed E-state index contributed by atoms with van der Waals surface area (Å²) in [6.07, 6.45) is 0.992. The summed E-state index contributed by atoms with van der Waals surface area (Å²) in [5.74, 6) is -0.565. The Kier molecular flexibility index (Phi) is 7.71. The highest BCUT2D eigenvalue weighted by molar-refractivity contribution is 7.96. The molecule has 0 amide bonds. The van der Waals surface area contributed by atoms with E-state index in [1.165, 1.54) is 0 Å². The largest absolute Gasteiger partial charge is 1.00 e. The molecule has 3 aromatic rings. The molecule has 1 atom stereocenters. The molecule has 0 fully saturated rings. The Morgan fingerprint density at radius 1 is 0.714 bits per heavy atom. The average molecular weight is 457 g/mol. The average Bonchev–Trinajstić information content (AvgIpc) is 2.69. The first-order valence-electron chi connectivity index (χ1n) is 9.17. The van der Waals surface area contributed by atoms with Crippen molar-refractivity contribution in [3.8, 4) is 0 Å². The third kappa shape index (κ3) is 4.60. The van der Waals surface area contributed by atoms with E-state index in [9.17, 15) is 4.79 Å². The number of carbonyl (C=O) groups is 1. The van der Waals surface area contributed by atoms with E-state index in [1.54, 1.807) is 0 Å². The van der Waals surface area contributed by atoms with E-state index in [2.05, 4.69) is 36.4 Å². The van der Waals surface area contributed by atoms with Gasteiger partial charge < -0.3 is 21.7 Å². The molecule has 4 heteroatoms. The van der Waals surface area contributed by atoms with Crippen LogP contribution in [0, 0.1) is 0 Å². The maximum atomic E-state index is 12.5. The molecule has 0 aromatic heterocycles. The quantitative estimate of drug-likeness (QED) is 0.413. The van der Waals surface area contributed by atoms with Crippen molar-refractivity contribution in [3.05, 3.63) is 91.0 Å². The van der Waals surface area contributed by atoms with Crippen molar-refractivity contribution in [2.75, 3.05) is 0 Å². The second-order valence-electron chi connectivity index (χ2n) is 7.49. The van der Waals surface area contributed by atoms with Gasteiger partial charge in [0, 0.05) is 0 Å². The van der Waals surface area contributed by atoms with Crippen molar-refractivity contribution in [2.24, 2.45) is 0 Å². The second-order valence-corrected chi connectivity index (χ2v) is 11.0. The molecular weight excluding hydrogens is 431 g/mol. The van der Waals surface area contributed by atoms with Crippen LogP contribution in [0.1, 0.15) is 20.8 Å². The predicted octanol–water partition coefficient (Wildman–Crippen LogP) is 1.32. The molecule has 28 heavy (non-hydrogen) atoms. The van der Waals surface area contributed by atoms with E-state index in [1.807, 2.05) is 75.4 Å². The van der Waals surface area contributed by atoms with Gasteiger partial charge >= 0.3 is 0 Å². The molecule has 3 aromatic carbocycles. The maximum Gasteiger partial charge on any atom is 0.237 e. The number of carbonyl (C=O) groups excluding carboxylic acids is 1. The van der Waals surface area contributed by atoms with Crippen LogP contribution in [0.25, 0.3) is 0 Å². The van der Waals surface area contributed by atoms with Crippen molar-refractivity contribution >= 4 is 29.5 Å². The minimum absolute atomic E-state index is 0. The fourth-order valence-corrected chi connectivity index (χ4v) is 7.80. The van der Waals surface area contributed by atoms with Crippen LogP contribution in [0.4, 0.5) is 0 Å². The van der Waals surface area contributed by atoms with Gasteiger partial charge in [0.2, 0.25) is 5.85 Å². The topological polar surface area (TPSA) is 26.3 Å². The summed E-state index contributed by atoms with van der Waals surface area (Å²) in [5, 5.41) is 3.43. The number of hydrogen-bond acceptors (Lipinski definition) is 2. The zero-order valence-electron chi connectivity index (χ0n) is 16.5. The van der Waals surface area contributed by atoms with Crippen LogP contribution in [-0.4, -0.2) is 17.7 Å². The van der Waals surface area contributed by atoms with Crippen LogP contribution >= 0.6 is 7.26 Å². The zero-order chi connectivity index (χ0) is 19.3. The van der Waals surface area contributed by atoms with Gasteiger partial charge in [-0.15, -0.1) is 0 Å². The standard InChI is InChI=1S/C24H26O2P.BrH/c1-24(2,3)26-23(19-25)27(20-13-7-4-8-14-20,21-15-9-5-10-16-21)22-17-11-6-12-18-22;/h4-19,23H,1-3H3;1H/q+1;/p-1. The SMILES string of the molecule is CC(C)(C)OC(C=O)[P+](c1ccccc1)(c1ccccc1)c1ccccc1.[Br-]. The summed E-state index contributed by atoms with van der Waals surface area (Å²) in [4.78, 5) is 12.5. The molecule has 0 aliphatic carbocycles. The molecule has 0 spiro atoms. The van der Waals surface area contributed by atoms with Crippen molar-refractivity contribution in [3.63, 3.8) is 0 Å². The van der Waals surface area contributed by atoms with Gasteiger partial charge in [-0.1, -0.05) is 54.6 Å². The molecule has 0 aliphatic rings. The van der Waals surface area contributed by atoms with Gasteiger partial charge in [0.25, 0.3) is 0 Å². The van der Waals surface area contributed by atoms with Gasteiger partial charge in [-0.2, -0.15) is 0 Å². The molecule has 0 bridgehead atoms. The molecule has 3 rings (SSSR count). The summed E-state index contributed by atoms with van der Waals surface area (Å²) in [6.45, 7) is 6.00. The number of ether oxygens (including phenoxy) is 1. The first-order chi connectivity index (χ1) is 13.0. The van der Waals surface area contributed by atoms with Crippen LogP contribution in [0.2, 0.25) is 0 Å². The van der Waals surface area contributed by atoms with Crippen LogP contribution in [0.3, 0.4) is 0 Å². The van der Waals surface area contributed by atoms with Crippen LogP contribution in [0.15, 0.2) is 91.0 Å². The first-order valence-corrected chi connectivity index (χ1v) is 11.0. The highest BCUT2D eigenvalue weighted by Crippen LogP contribution is 2.60. The van der Waals surface area contributed by atoms with E-state index in [0.29, 0.717) is 0 Å². The lowest BCUT2D eigenvalue weighted by atomic mass is 10.2. The summed E-state index contributed by atoms with van der Waals surface area (Å²) in [7, 11) is -2.35. The van der Waals surface area contributed by atoms with Crippen molar-refractivity contribution in [1.82, 2.24) is 0 Å². The molecule has 2 nitrogen and oxygen atoms in total. The maximum absolute atomic E-state index is 12.5. The second kappa shape index (κ2) is 9.60. The Labute approximate surface area is 179 Å². The van der Waals surface area contributed by atoms with Gasteiger partial charge in [-0.05, 0) is 57.2 Å². The van der Waals surface area contributed by atoms with Crippen molar-refractivity contribution in [2.45, 2.75) is 32.2 Å². The number of hydrogen-bond donors (Lipinski definition) is 0. The van der Waals surface area contributed by atoms with Crippen LogP contribution in [-0.2, 0) is 9.53 Å². The first kappa shape index (κ1) is 22.5. The summed E-state index contributed by atoms with van der Waals surface area (Å²) in [6, 6.07) is 31.0. The molecule has 0 N–H and O–H groups in total. The van der Waals surface area contributed by atoms with Crippen molar-refractivity contribution in [1.29, 1.82) is 0 Å². The zero-order valence-corrected chi connectivity index (χ0v) is 18.9. The molecule has 0 radical (unpaired) electrons. The van der Waals surface area contributed by atoms with Crippen molar-refractivity contribution < 1.29 is 26.5 Å². The van der Waals surface area contributed by atoms with E-state index in [-0.39, 0.29) is 17.0 Å². The lowest BCUT2D eigenvalue weighted by Gasteiger charge is -2.35. The highest BCUT2D eigenvalue weighted by Gasteiger charge is 2.54. The monoisotopic (exact) mass is 456 g/mol. The molecule has 0 heterocycles. The van der Waals surface area contributed by atoms with Gasteiger partial charge in [-0.3, -0.25) is 4.79 Å². The number of rotatable bonds is 6. The van der Waals surface area contributed by atoms with Crippen LogP contribution < -0.4 is 32.9 Å². The Morgan fingerprint density at radius 2 is 1.04 bits per heavy atom.